The summed E-state index contributed by atoms with van der Waals surface area (Å²) in [4.78, 5) is 21.0. The number of aromatic nitrogens is 2. The maximum absolute atomic E-state index is 12.6. The molecule has 0 atom stereocenters. The molecule has 24 heavy (non-hydrogen) atoms. The second kappa shape index (κ2) is 7.32. The summed E-state index contributed by atoms with van der Waals surface area (Å²) in [5.41, 5.74) is 1.61. The zero-order valence-electron chi connectivity index (χ0n) is 14.0. The van der Waals surface area contributed by atoms with E-state index in [0.717, 1.165) is 25.1 Å². The Hall–Kier alpha value is -1.92. The lowest BCUT2D eigenvalue weighted by atomic mass is 10.1. The molecule has 0 N–H and O–H groups in total. The molecule has 6 nitrogen and oxygen atoms in total. The van der Waals surface area contributed by atoms with Gasteiger partial charge in [-0.3, -0.25) is 9.69 Å². The number of amides is 1. The maximum atomic E-state index is 12.6. The summed E-state index contributed by atoms with van der Waals surface area (Å²) in [5.74, 6) is 1.43. The zero-order chi connectivity index (χ0) is 17.1. The standard InChI is InChI=1S/C17H21ClN4O2/c1-3-16-19-15(20-24-16)11-21-6-8-22(9-7-21)17(23)13-4-5-14(18)12(2)10-13/h4-5,10H,3,6-9,11H2,1-2H3. The quantitative estimate of drug-likeness (QED) is 0.849. The van der Waals surface area contributed by atoms with Crippen LogP contribution in [0.2, 0.25) is 5.02 Å². The van der Waals surface area contributed by atoms with Crippen LogP contribution in [0.15, 0.2) is 22.7 Å². The first-order chi connectivity index (χ1) is 11.6. The topological polar surface area (TPSA) is 62.5 Å². The second-order valence-electron chi connectivity index (χ2n) is 5.99. The summed E-state index contributed by atoms with van der Waals surface area (Å²) in [5, 5.41) is 4.66. The van der Waals surface area contributed by atoms with Crippen LogP contribution < -0.4 is 0 Å². The molecular weight excluding hydrogens is 328 g/mol. The third-order valence-electron chi connectivity index (χ3n) is 4.24. The Balaban J connectivity index is 1.56. The molecular formula is C17H21ClN4O2. The van der Waals surface area contributed by atoms with E-state index in [0.29, 0.717) is 41.9 Å². The lowest BCUT2D eigenvalue weighted by Crippen LogP contribution is -2.48. The molecule has 128 valence electrons. The van der Waals surface area contributed by atoms with E-state index in [-0.39, 0.29) is 5.91 Å². The summed E-state index contributed by atoms with van der Waals surface area (Å²) >= 11 is 6.03. The van der Waals surface area contributed by atoms with Crippen LogP contribution in [0, 0.1) is 6.92 Å². The van der Waals surface area contributed by atoms with Crippen molar-refractivity contribution in [2.45, 2.75) is 26.8 Å². The smallest absolute Gasteiger partial charge is 0.253 e. The van der Waals surface area contributed by atoms with Crippen molar-refractivity contribution in [2.75, 3.05) is 26.2 Å². The summed E-state index contributed by atoms with van der Waals surface area (Å²) in [7, 11) is 0. The molecule has 0 saturated carbocycles. The van der Waals surface area contributed by atoms with Gasteiger partial charge < -0.3 is 9.42 Å². The van der Waals surface area contributed by atoms with E-state index in [1.807, 2.05) is 24.8 Å². The number of nitrogens with zero attached hydrogens (tertiary/aromatic N) is 4. The van der Waals surface area contributed by atoms with Gasteiger partial charge in [0.1, 0.15) is 0 Å². The molecule has 1 aliphatic rings. The first kappa shape index (κ1) is 16.9. The Morgan fingerprint density at radius 1 is 1.29 bits per heavy atom. The highest BCUT2D eigenvalue weighted by molar-refractivity contribution is 6.31. The van der Waals surface area contributed by atoms with E-state index in [2.05, 4.69) is 15.0 Å². The van der Waals surface area contributed by atoms with Gasteiger partial charge in [-0.25, -0.2) is 0 Å². The van der Waals surface area contributed by atoms with Crippen molar-refractivity contribution in [3.63, 3.8) is 0 Å². The number of rotatable bonds is 4. The molecule has 2 heterocycles. The molecule has 0 radical (unpaired) electrons. The van der Waals surface area contributed by atoms with Crippen LogP contribution in [0.3, 0.4) is 0 Å². The van der Waals surface area contributed by atoms with Crippen LogP contribution in [0.4, 0.5) is 0 Å². The van der Waals surface area contributed by atoms with Gasteiger partial charge in [-0.05, 0) is 30.7 Å². The molecule has 0 bridgehead atoms. The van der Waals surface area contributed by atoms with Crippen molar-refractivity contribution in [1.29, 1.82) is 0 Å². The molecule has 0 spiro atoms. The zero-order valence-corrected chi connectivity index (χ0v) is 14.7. The minimum absolute atomic E-state index is 0.0576. The molecule has 1 saturated heterocycles. The fourth-order valence-corrected chi connectivity index (χ4v) is 2.88. The molecule has 3 rings (SSSR count). The normalized spacial score (nSPS) is 15.7. The van der Waals surface area contributed by atoms with Gasteiger partial charge in [0.25, 0.3) is 5.91 Å². The summed E-state index contributed by atoms with van der Waals surface area (Å²) < 4.78 is 5.13. The van der Waals surface area contributed by atoms with E-state index in [4.69, 9.17) is 16.1 Å². The fourth-order valence-electron chi connectivity index (χ4n) is 2.77. The Morgan fingerprint density at radius 2 is 2.04 bits per heavy atom. The highest BCUT2D eigenvalue weighted by Crippen LogP contribution is 2.18. The van der Waals surface area contributed by atoms with Crippen LogP contribution in [0.1, 0.15) is 34.6 Å². The van der Waals surface area contributed by atoms with Gasteiger partial charge in [-0.1, -0.05) is 23.7 Å². The van der Waals surface area contributed by atoms with E-state index < -0.39 is 0 Å². The number of hydrogen-bond donors (Lipinski definition) is 0. The van der Waals surface area contributed by atoms with E-state index in [9.17, 15) is 4.79 Å². The first-order valence-corrected chi connectivity index (χ1v) is 8.54. The van der Waals surface area contributed by atoms with Crippen LogP contribution in [0.5, 0.6) is 0 Å². The Morgan fingerprint density at radius 3 is 2.67 bits per heavy atom. The molecule has 1 aliphatic heterocycles. The van der Waals surface area contributed by atoms with E-state index >= 15 is 0 Å². The number of aryl methyl sites for hydroxylation is 2. The average Bonchev–Trinajstić information content (AvgIpc) is 3.05. The SMILES string of the molecule is CCc1nc(CN2CCN(C(=O)c3ccc(Cl)c(C)c3)CC2)no1. The van der Waals surface area contributed by atoms with Crippen molar-refractivity contribution < 1.29 is 9.32 Å². The number of carbonyl (C=O) groups is 1. The van der Waals surface area contributed by atoms with Crippen LogP contribution in [-0.4, -0.2) is 52.0 Å². The predicted molar refractivity (Wildman–Crippen MR) is 91.0 cm³/mol. The van der Waals surface area contributed by atoms with Crippen molar-refractivity contribution in [3.8, 4) is 0 Å². The minimum atomic E-state index is 0.0576. The number of hydrogen-bond acceptors (Lipinski definition) is 5. The molecule has 1 aromatic carbocycles. The fraction of sp³-hybridized carbons (Fsp3) is 0.471. The van der Waals surface area contributed by atoms with Crippen molar-refractivity contribution >= 4 is 17.5 Å². The molecule has 7 heteroatoms. The molecule has 1 aromatic heterocycles. The largest absolute Gasteiger partial charge is 0.339 e. The maximum Gasteiger partial charge on any atom is 0.253 e. The summed E-state index contributed by atoms with van der Waals surface area (Å²) in [6.45, 7) is 7.54. The van der Waals surface area contributed by atoms with Crippen molar-refractivity contribution in [1.82, 2.24) is 19.9 Å². The summed E-state index contributed by atoms with van der Waals surface area (Å²) in [6, 6.07) is 5.42. The number of halogens is 1. The first-order valence-electron chi connectivity index (χ1n) is 8.16. The van der Waals surface area contributed by atoms with Gasteiger partial charge in [-0.2, -0.15) is 4.98 Å². The third kappa shape index (κ3) is 3.76. The third-order valence-corrected chi connectivity index (χ3v) is 4.67. The van der Waals surface area contributed by atoms with Gasteiger partial charge in [0, 0.05) is 43.2 Å². The molecule has 1 amide bonds. The minimum Gasteiger partial charge on any atom is -0.339 e. The summed E-state index contributed by atoms with van der Waals surface area (Å²) in [6.07, 6.45) is 0.746. The number of carbonyl (C=O) groups excluding carboxylic acids is 1. The Bertz CT molecular complexity index is 723. The lowest BCUT2D eigenvalue weighted by molar-refractivity contribution is 0.0624. The predicted octanol–water partition coefficient (Wildman–Crippen LogP) is 2.55. The molecule has 0 unspecified atom stereocenters. The average molecular weight is 349 g/mol. The van der Waals surface area contributed by atoms with Crippen LogP contribution in [0.25, 0.3) is 0 Å². The van der Waals surface area contributed by atoms with Crippen LogP contribution in [-0.2, 0) is 13.0 Å². The molecule has 0 aliphatic carbocycles. The second-order valence-corrected chi connectivity index (χ2v) is 6.40. The number of piperazine rings is 1. The van der Waals surface area contributed by atoms with Crippen molar-refractivity contribution in [3.05, 3.63) is 46.1 Å². The van der Waals surface area contributed by atoms with Gasteiger partial charge in [0.2, 0.25) is 5.89 Å². The Kier molecular flexibility index (Phi) is 5.16. The van der Waals surface area contributed by atoms with Gasteiger partial charge in [-0.15, -0.1) is 0 Å². The van der Waals surface area contributed by atoms with E-state index in [1.165, 1.54) is 0 Å². The van der Waals surface area contributed by atoms with Gasteiger partial charge in [0.05, 0.1) is 6.54 Å². The van der Waals surface area contributed by atoms with Gasteiger partial charge >= 0.3 is 0 Å². The monoisotopic (exact) mass is 348 g/mol. The highest BCUT2D eigenvalue weighted by atomic mass is 35.5. The molecule has 2 aromatic rings. The van der Waals surface area contributed by atoms with Crippen LogP contribution >= 0.6 is 11.6 Å². The van der Waals surface area contributed by atoms with E-state index in [1.54, 1.807) is 12.1 Å². The lowest BCUT2D eigenvalue weighted by Gasteiger charge is -2.34. The van der Waals surface area contributed by atoms with Crippen molar-refractivity contribution in [2.24, 2.45) is 0 Å². The van der Waals surface area contributed by atoms with Gasteiger partial charge in [0.15, 0.2) is 5.82 Å². The molecule has 1 fully saturated rings. The number of benzene rings is 1. The Labute approximate surface area is 146 Å². The highest BCUT2D eigenvalue weighted by Gasteiger charge is 2.23.